The Kier molecular flexibility index (Phi) is 14.6. The molecule has 0 saturated heterocycles. The lowest BCUT2D eigenvalue weighted by Crippen LogP contribution is -1.99. The second-order valence-electron chi connectivity index (χ2n) is 13.4. The molecule has 0 spiro atoms. The van der Waals surface area contributed by atoms with Crippen LogP contribution in [-0.2, 0) is 12.8 Å². The lowest BCUT2D eigenvalue weighted by Gasteiger charge is -2.19. The van der Waals surface area contributed by atoms with Gasteiger partial charge >= 0.3 is 0 Å². The highest BCUT2D eigenvalue weighted by Crippen LogP contribution is 2.38. The number of halogens is 2. The van der Waals surface area contributed by atoms with Crippen molar-refractivity contribution < 1.29 is 0 Å². The minimum absolute atomic E-state index is 1.11. The lowest BCUT2D eigenvalue weighted by atomic mass is 9.86. The topological polar surface area (TPSA) is 0 Å². The van der Waals surface area contributed by atoms with Crippen molar-refractivity contribution in [1.29, 1.82) is 0 Å². The average Bonchev–Trinajstić information content (AvgIpc) is 3.12. The molecule has 0 bridgehead atoms. The molecule has 250 valence electrons. The van der Waals surface area contributed by atoms with Gasteiger partial charge in [0.05, 0.1) is 0 Å². The molecule has 0 N–H and O–H groups in total. The van der Waals surface area contributed by atoms with Crippen LogP contribution in [0, 0.1) is 0 Å². The van der Waals surface area contributed by atoms with E-state index in [1.54, 1.807) is 11.1 Å². The zero-order valence-corrected chi connectivity index (χ0v) is 32.2. The maximum absolute atomic E-state index is 3.58. The molecule has 0 radical (unpaired) electrons. The van der Waals surface area contributed by atoms with E-state index in [2.05, 4.69) is 155 Å². The molecule has 0 saturated carbocycles. The number of aryl methyl sites for hydroxylation is 2. The molecule has 0 fully saturated rings. The maximum atomic E-state index is 3.58. The summed E-state index contributed by atoms with van der Waals surface area (Å²) in [7, 11) is 0. The maximum Gasteiger partial charge on any atom is 0.0175 e. The van der Waals surface area contributed by atoms with Gasteiger partial charge in [-0.3, -0.25) is 0 Å². The third-order valence-electron chi connectivity index (χ3n) is 9.69. The zero-order chi connectivity index (χ0) is 33.6. The van der Waals surface area contributed by atoms with Gasteiger partial charge in [0.25, 0.3) is 0 Å². The summed E-state index contributed by atoms with van der Waals surface area (Å²) in [6, 6.07) is 40.8. The highest BCUT2D eigenvalue weighted by atomic mass is 79.9. The molecule has 5 aromatic carbocycles. The van der Waals surface area contributed by atoms with Gasteiger partial charge in [0, 0.05) is 8.95 Å². The van der Waals surface area contributed by atoms with E-state index in [1.165, 1.54) is 134 Å². The summed E-state index contributed by atoms with van der Waals surface area (Å²) in [5, 5.41) is 0. The summed E-state index contributed by atoms with van der Waals surface area (Å²) in [5.41, 5.74) is 13.4. The van der Waals surface area contributed by atoms with E-state index < -0.39 is 0 Å². The van der Waals surface area contributed by atoms with E-state index in [9.17, 15) is 0 Å². The van der Waals surface area contributed by atoms with Crippen LogP contribution in [0.15, 0.2) is 118 Å². The van der Waals surface area contributed by atoms with Gasteiger partial charge in [0.15, 0.2) is 0 Å². The molecule has 0 atom stereocenters. The fraction of sp³-hybridized carbons (Fsp3) is 0.348. The highest BCUT2D eigenvalue weighted by molar-refractivity contribution is 9.10. The van der Waals surface area contributed by atoms with Crippen molar-refractivity contribution in [2.45, 2.75) is 104 Å². The number of hydrogen-bond acceptors (Lipinski definition) is 0. The molecule has 0 unspecified atom stereocenters. The van der Waals surface area contributed by atoms with Crippen molar-refractivity contribution in [2.24, 2.45) is 0 Å². The van der Waals surface area contributed by atoms with E-state index in [4.69, 9.17) is 0 Å². The van der Waals surface area contributed by atoms with Crippen LogP contribution in [0.4, 0.5) is 0 Å². The Morgan fingerprint density at radius 2 is 0.604 bits per heavy atom. The molecule has 0 aliphatic heterocycles. The molecule has 0 aromatic heterocycles. The Morgan fingerprint density at radius 3 is 0.938 bits per heavy atom. The third-order valence-corrected chi connectivity index (χ3v) is 10.7. The summed E-state index contributed by atoms with van der Waals surface area (Å²) in [6.07, 6.45) is 18.3. The fourth-order valence-electron chi connectivity index (χ4n) is 6.79. The minimum atomic E-state index is 1.11. The molecule has 0 aliphatic rings. The normalized spacial score (nSPS) is 11.2. The summed E-state index contributed by atoms with van der Waals surface area (Å²) < 4.78 is 2.22. The molecule has 2 heteroatoms. The highest BCUT2D eigenvalue weighted by Gasteiger charge is 2.15. The van der Waals surface area contributed by atoms with Gasteiger partial charge in [-0.25, -0.2) is 0 Å². The van der Waals surface area contributed by atoms with Gasteiger partial charge < -0.3 is 0 Å². The number of hydrogen-bond donors (Lipinski definition) is 0. The van der Waals surface area contributed by atoms with Crippen LogP contribution >= 0.6 is 31.9 Å². The Labute approximate surface area is 307 Å². The van der Waals surface area contributed by atoms with Crippen LogP contribution in [0.25, 0.3) is 44.5 Å². The van der Waals surface area contributed by atoms with Crippen molar-refractivity contribution in [1.82, 2.24) is 0 Å². The summed E-state index contributed by atoms with van der Waals surface area (Å²) in [4.78, 5) is 0. The standard InChI is InChI=1S/C46H52Br2/c1-3-5-7-9-11-13-15-41-33-45(39-21-17-35(18-22-39)37-25-29-43(47)30-26-37)46(34-42(41)16-14-12-10-8-6-4-2)40-23-19-36(20-24-40)38-27-31-44(48)32-28-38/h17-34H,3-16H2,1-2H3. The number of rotatable bonds is 18. The van der Waals surface area contributed by atoms with E-state index >= 15 is 0 Å². The molecule has 0 amide bonds. The fourth-order valence-corrected chi connectivity index (χ4v) is 7.32. The Hall–Kier alpha value is -2.94. The molecular formula is C46H52Br2. The molecule has 0 aliphatic carbocycles. The van der Waals surface area contributed by atoms with Crippen molar-refractivity contribution in [3.63, 3.8) is 0 Å². The first-order chi connectivity index (χ1) is 23.6. The SMILES string of the molecule is CCCCCCCCc1cc(-c2ccc(-c3ccc(Br)cc3)cc2)c(-c2ccc(-c3ccc(Br)cc3)cc2)cc1CCCCCCCC. The van der Waals surface area contributed by atoms with E-state index in [0.717, 1.165) is 8.95 Å². The number of benzene rings is 5. The van der Waals surface area contributed by atoms with Gasteiger partial charge in [-0.15, -0.1) is 0 Å². The van der Waals surface area contributed by atoms with Crippen LogP contribution in [0.2, 0.25) is 0 Å². The van der Waals surface area contributed by atoms with Gasteiger partial charge in [-0.1, -0.05) is 195 Å². The van der Waals surface area contributed by atoms with E-state index in [1.807, 2.05) is 0 Å². The Bertz CT molecular complexity index is 1540. The number of unbranched alkanes of at least 4 members (excludes halogenated alkanes) is 10. The van der Waals surface area contributed by atoms with Crippen LogP contribution in [-0.4, -0.2) is 0 Å². The predicted octanol–water partition coefficient (Wildman–Crippen LogP) is 15.7. The van der Waals surface area contributed by atoms with Crippen molar-refractivity contribution in [3.05, 3.63) is 129 Å². The van der Waals surface area contributed by atoms with Crippen molar-refractivity contribution >= 4 is 31.9 Å². The van der Waals surface area contributed by atoms with E-state index in [0.29, 0.717) is 0 Å². The Balaban J connectivity index is 1.50. The smallest absolute Gasteiger partial charge is 0.0175 e. The largest absolute Gasteiger partial charge is 0.0654 e. The van der Waals surface area contributed by atoms with Gasteiger partial charge in [0.1, 0.15) is 0 Å². The van der Waals surface area contributed by atoms with Crippen molar-refractivity contribution in [2.75, 3.05) is 0 Å². The van der Waals surface area contributed by atoms with Gasteiger partial charge in [0.2, 0.25) is 0 Å². The van der Waals surface area contributed by atoms with E-state index in [-0.39, 0.29) is 0 Å². The summed E-state index contributed by atoms with van der Waals surface area (Å²) in [5.74, 6) is 0. The van der Waals surface area contributed by atoms with Crippen LogP contribution < -0.4 is 0 Å². The molecular weight excluding hydrogens is 712 g/mol. The summed E-state index contributed by atoms with van der Waals surface area (Å²) in [6.45, 7) is 4.61. The van der Waals surface area contributed by atoms with Gasteiger partial charge in [-0.2, -0.15) is 0 Å². The Morgan fingerprint density at radius 1 is 0.333 bits per heavy atom. The molecule has 0 nitrogen and oxygen atoms in total. The molecule has 48 heavy (non-hydrogen) atoms. The average molecular weight is 765 g/mol. The third kappa shape index (κ3) is 10.5. The zero-order valence-electron chi connectivity index (χ0n) is 29.0. The first kappa shape index (κ1) is 36.3. The lowest BCUT2D eigenvalue weighted by molar-refractivity contribution is 0.599. The summed E-state index contributed by atoms with van der Waals surface area (Å²) >= 11 is 7.17. The van der Waals surface area contributed by atoms with Gasteiger partial charge in [-0.05, 0) is 106 Å². The second-order valence-corrected chi connectivity index (χ2v) is 15.2. The first-order valence-electron chi connectivity index (χ1n) is 18.4. The van der Waals surface area contributed by atoms with Crippen LogP contribution in [0.3, 0.4) is 0 Å². The predicted molar refractivity (Wildman–Crippen MR) is 218 cm³/mol. The van der Waals surface area contributed by atoms with Crippen LogP contribution in [0.5, 0.6) is 0 Å². The molecule has 0 heterocycles. The second kappa shape index (κ2) is 19.3. The van der Waals surface area contributed by atoms with Crippen LogP contribution in [0.1, 0.15) is 102 Å². The molecule has 5 aromatic rings. The monoisotopic (exact) mass is 762 g/mol. The van der Waals surface area contributed by atoms with Crippen molar-refractivity contribution in [3.8, 4) is 44.5 Å². The molecule has 5 rings (SSSR count). The first-order valence-corrected chi connectivity index (χ1v) is 20.0. The quantitative estimate of drug-likeness (QED) is 0.0780. The minimum Gasteiger partial charge on any atom is -0.0654 e.